The van der Waals surface area contributed by atoms with Gasteiger partial charge in [-0.1, -0.05) is 47.5 Å². The first-order chi connectivity index (χ1) is 13.5. The number of hydrogen-bond donors (Lipinski definition) is 1. The monoisotopic (exact) mass is 438 g/mol. The second-order valence-corrected chi connectivity index (χ2v) is 8.78. The molecule has 0 aliphatic rings. The van der Waals surface area contributed by atoms with Crippen LogP contribution in [0.2, 0.25) is 10.0 Å². The third-order valence-corrected chi connectivity index (χ3v) is 4.91. The van der Waals surface area contributed by atoms with Crippen LogP contribution in [0.4, 0.5) is 4.39 Å². The summed E-state index contributed by atoms with van der Waals surface area (Å²) in [7, 11) is 0. The van der Waals surface area contributed by atoms with Crippen LogP contribution in [0.5, 0.6) is 0 Å². The quantitative estimate of drug-likeness (QED) is 0.688. The lowest BCUT2D eigenvalue weighted by molar-refractivity contribution is -0.140. The van der Waals surface area contributed by atoms with Crippen LogP contribution in [0.25, 0.3) is 0 Å². The Morgan fingerprint density at radius 2 is 1.76 bits per heavy atom. The molecular formula is C22H25Cl2FN2O2. The van der Waals surface area contributed by atoms with Crippen molar-refractivity contribution in [2.45, 2.75) is 52.2 Å². The number of nitrogens with zero attached hydrogens (tertiary/aromatic N) is 1. The van der Waals surface area contributed by atoms with E-state index in [2.05, 4.69) is 5.32 Å². The van der Waals surface area contributed by atoms with Crippen molar-refractivity contribution in [3.05, 3.63) is 69.5 Å². The molecule has 0 saturated heterocycles. The van der Waals surface area contributed by atoms with E-state index in [1.807, 2.05) is 20.8 Å². The SMILES string of the molecule is C[C@@H](C(=O)NC(C)(C)C)N(Cc1ccccc1F)C(=O)Cc1ccc(Cl)cc1Cl. The van der Waals surface area contributed by atoms with Crippen LogP contribution in [0.1, 0.15) is 38.8 Å². The highest BCUT2D eigenvalue weighted by Crippen LogP contribution is 2.23. The van der Waals surface area contributed by atoms with Gasteiger partial charge in [0.2, 0.25) is 11.8 Å². The molecule has 0 saturated carbocycles. The lowest BCUT2D eigenvalue weighted by Crippen LogP contribution is -2.52. The standard InChI is InChI=1S/C22H25Cl2FN2O2/c1-14(21(29)26-22(2,3)4)27(13-16-7-5-6-8-19(16)25)20(28)11-15-9-10-17(23)12-18(15)24/h5-10,12,14H,11,13H2,1-4H3,(H,26,29)/t14-/m0/s1. The molecule has 0 aliphatic carbocycles. The van der Waals surface area contributed by atoms with Gasteiger partial charge in [0.05, 0.1) is 6.42 Å². The lowest BCUT2D eigenvalue weighted by Gasteiger charge is -2.31. The van der Waals surface area contributed by atoms with Crippen LogP contribution in [0.15, 0.2) is 42.5 Å². The van der Waals surface area contributed by atoms with E-state index in [0.29, 0.717) is 21.2 Å². The van der Waals surface area contributed by atoms with Crippen LogP contribution in [-0.2, 0) is 22.6 Å². The zero-order chi connectivity index (χ0) is 21.8. The summed E-state index contributed by atoms with van der Waals surface area (Å²) < 4.78 is 14.2. The number of carbonyl (C=O) groups is 2. The predicted octanol–water partition coefficient (Wildman–Crippen LogP) is 5.01. The Hall–Kier alpha value is -2.11. The third kappa shape index (κ3) is 6.72. The zero-order valence-corrected chi connectivity index (χ0v) is 18.4. The molecule has 0 heterocycles. The molecule has 2 aromatic carbocycles. The van der Waals surface area contributed by atoms with Crippen molar-refractivity contribution >= 4 is 35.0 Å². The summed E-state index contributed by atoms with van der Waals surface area (Å²) in [5.74, 6) is -1.09. The van der Waals surface area contributed by atoms with Crippen molar-refractivity contribution in [3.8, 4) is 0 Å². The van der Waals surface area contributed by atoms with Gasteiger partial charge < -0.3 is 10.2 Å². The number of carbonyl (C=O) groups excluding carboxylic acids is 2. The fourth-order valence-corrected chi connectivity index (χ4v) is 3.27. The van der Waals surface area contributed by atoms with Crippen molar-refractivity contribution in [3.63, 3.8) is 0 Å². The topological polar surface area (TPSA) is 49.4 Å². The highest BCUT2D eigenvalue weighted by Gasteiger charge is 2.29. The van der Waals surface area contributed by atoms with E-state index < -0.39 is 17.4 Å². The molecule has 1 atom stereocenters. The van der Waals surface area contributed by atoms with Crippen LogP contribution >= 0.6 is 23.2 Å². The van der Waals surface area contributed by atoms with Crippen LogP contribution in [0.3, 0.4) is 0 Å². The number of hydrogen-bond acceptors (Lipinski definition) is 2. The van der Waals surface area contributed by atoms with E-state index >= 15 is 0 Å². The molecule has 2 amide bonds. The Labute approximate surface area is 181 Å². The molecular weight excluding hydrogens is 414 g/mol. The normalized spacial score (nSPS) is 12.4. The van der Waals surface area contributed by atoms with E-state index in [1.165, 1.54) is 11.0 Å². The van der Waals surface area contributed by atoms with Crippen molar-refractivity contribution in [1.82, 2.24) is 10.2 Å². The third-order valence-electron chi connectivity index (χ3n) is 4.32. The Kier molecular flexibility index (Phi) is 7.66. The predicted molar refractivity (Wildman–Crippen MR) is 114 cm³/mol. The first-order valence-corrected chi connectivity index (χ1v) is 10.0. The second-order valence-electron chi connectivity index (χ2n) is 7.94. The molecule has 0 bridgehead atoms. The molecule has 1 N–H and O–H groups in total. The summed E-state index contributed by atoms with van der Waals surface area (Å²) >= 11 is 12.1. The van der Waals surface area contributed by atoms with E-state index in [4.69, 9.17) is 23.2 Å². The van der Waals surface area contributed by atoms with Gasteiger partial charge in [-0.15, -0.1) is 0 Å². The summed E-state index contributed by atoms with van der Waals surface area (Å²) in [5, 5.41) is 3.70. The Bertz CT molecular complexity index is 897. The minimum Gasteiger partial charge on any atom is -0.350 e. The first kappa shape index (κ1) is 23.2. The van der Waals surface area contributed by atoms with Gasteiger partial charge in [0.15, 0.2) is 0 Å². The maximum Gasteiger partial charge on any atom is 0.242 e. The van der Waals surface area contributed by atoms with Gasteiger partial charge in [-0.25, -0.2) is 4.39 Å². The zero-order valence-electron chi connectivity index (χ0n) is 16.9. The summed E-state index contributed by atoms with van der Waals surface area (Å²) in [6.45, 7) is 7.16. The van der Waals surface area contributed by atoms with Crippen molar-refractivity contribution in [1.29, 1.82) is 0 Å². The van der Waals surface area contributed by atoms with E-state index in [0.717, 1.165) is 0 Å². The summed E-state index contributed by atoms with van der Waals surface area (Å²) in [4.78, 5) is 27.2. The number of amides is 2. The smallest absolute Gasteiger partial charge is 0.242 e. The highest BCUT2D eigenvalue weighted by molar-refractivity contribution is 6.35. The molecule has 0 aromatic heterocycles. The van der Waals surface area contributed by atoms with Gasteiger partial charge in [0, 0.05) is 27.7 Å². The van der Waals surface area contributed by atoms with Gasteiger partial charge in [0.1, 0.15) is 11.9 Å². The molecule has 29 heavy (non-hydrogen) atoms. The molecule has 0 fully saturated rings. The summed E-state index contributed by atoms with van der Waals surface area (Å²) in [6, 6.07) is 10.3. The molecule has 7 heteroatoms. The highest BCUT2D eigenvalue weighted by atomic mass is 35.5. The minimum absolute atomic E-state index is 0.0302. The van der Waals surface area contributed by atoms with Gasteiger partial charge >= 0.3 is 0 Å². The lowest BCUT2D eigenvalue weighted by atomic mass is 10.1. The van der Waals surface area contributed by atoms with Crippen LogP contribution in [-0.4, -0.2) is 28.3 Å². The van der Waals surface area contributed by atoms with Gasteiger partial charge in [-0.3, -0.25) is 9.59 Å². The molecule has 0 aliphatic heterocycles. The van der Waals surface area contributed by atoms with Crippen LogP contribution in [0, 0.1) is 5.82 Å². The molecule has 156 valence electrons. The Morgan fingerprint density at radius 1 is 1.10 bits per heavy atom. The van der Waals surface area contributed by atoms with E-state index in [-0.39, 0.29) is 24.8 Å². The van der Waals surface area contributed by atoms with Crippen LogP contribution < -0.4 is 5.32 Å². The minimum atomic E-state index is -0.799. The average Bonchev–Trinajstić information content (AvgIpc) is 2.61. The van der Waals surface area contributed by atoms with E-state index in [1.54, 1.807) is 43.3 Å². The second kappa shape index (κ2) is 9.59. The van der Waals surface area contributed by atoms with E-state index in [9.17, 15) is 14.0 Å². The van der Waals surface area contributed by atoms with Crippen molar-refractivity contribution in [2.75, 3.05) is 0 Å². The maximum atomic E-state index is 14.2. The summed E-state index contributed by atoms with van der Waals surface area (Å²) in [6.07, 6.45) is -0.0302. The number of halogens is 3. The largest absolute Gasteiger partial charge is 0.350 e. The molecule has 0 spiro atoms. The molecule has 2 rings (SSSR count). The molecule has 4 nitrogen and oxygen atoms in total. The number of benzene rings is 2. The van der Waals surface area contributed by atoms with Gasteiger partial charge in [-0.2, -0.15) is 0 Å². The van der Waals surface area contributed by atoms with Gasteiger partial charge in [-0.05, 0) is 51.5 Å². The van der Waals surface area contributed by atoms with Crippen molar-refractivity contribution < 1.29 is 14.0 Å². The first-order valence-electron chi connectivity index (χ1n) is 9.27. The number of rotatable bonds is 6. The molecule has 0 unspecified atom stereocenters. The molecule has 0 radical (unpaired) electrons. The Balaban J connectivity index is 2.31. The fraction of sp³-hybridized carbons (Fsp3) is 0.364. The van der Waals surface area contributed by atoms with Gasteiger partial charge in [0.25, 0.3) is 0 Å². The maximum absolute atomic E-state index is 14.2. The fourth-order valence-electron chi connectivity index (χ4n) is 2.80. The van der Waals surface area contributed by atoms with Crippen molar-refractivity contribution in [2.24, 2.45) is 0 Å². The number of nitrogens with one attached hydrogen (secondary N) is 1. The average molecular weight is 439 g/mol. The Morgan fingerprint density at radius 3 is 2.34 bits per heavy atom. The molecule has 2 aromatic rings. The summed E-state index contributed by atoms with van der Waals surface area (Å²) in [5.41, 5.74) is 0.457.